The van der Waals surface area contributed by atoms with Crippen LogP contribution in [0.4, 0.5) is 8.78 Å². The summed E-state index contributed by atoms with van der Waals surface area (Å²) in [5, 5.41) is 8.72. The number of hydrogen-bond donors (Lipinski definition) is 0. The van der Waals surface area contributed by atoms with Gasteiger partial charge in [-0.05, 0) is 35.9 Å². The number of halogens is 2. The van der Waals surface area contributed by atoms with Crippen LogP contribution < -0.4 is 9.47 Å². The number of hydrogen-bond acceptors (Lipinski definition) is 5. The molecule has 0 aliphatic heterocycles. The van der Waals surface area contributed by atoms with E-state index in [9.17, 15) is 13.6 Å². The van der Waals surface area contributed by atoms with E-state index in [0.29, 0.717) is 11.1 Å². The predicted octanol–water partition coefficient (Wildman–Crippen LogP) is 3.53. The third kappa shape index (κ3) is 4.43. The Morgan fingerprint density at radius 1 is 1.17 bits per heavy atom. The minimum Gasteiger partial charge on any atom is -0.493 e. The fourth-order valence-corrected chi connectivity index (χ4v) is 1.90. The molecule has 5 nitrogen and oxygen atoms in total. The van der Waals surface area contributed by atoms with Crippen LogP contribution in [0.5, 0.6) is 11.5 Å². The van der Waals surface area contributed by atoms with E-state index in [1.54, 1.807) is 24.3 Å². The zero-order chi connectivity index (χ0) is 17.5. The summed E-state index contributed by atoms with van der Waals surface area (Å²) in [6.07, 6.45) is 0. The molecule has 24 heavy (non-hydrogen) atoms. The minimum atomic E-state index is -2.99. The van der Waals surface area contributed by atoms with E-state index in [4.69, 9.17) is 14.7 Å². The van der Waals surface area contributed by atoms with Crippen molar-refractivity contribution in [2.24, 2.45) is 0 Å². The van der Waals surface area contributed by atoms with E-state index in [2.05, 4.69) is 4.74 Å². The smallest absolute Gasteiger partial charge is 0.387 e. The molecule has 0 aliphatic rings. The van der Waals surface area contributed by atoms with E-state index in [-0.39, 0.29) is 23.7 Å². The molecule has 0 aliphatic carbocycles. The lowest BCUT2D eigenvalue weighted by molar-refractivity contribution is -0.0512. The maximum absolute atomic E-state index is 12.3. The Morgan fingerprint density at radius 2 is 1.88 bits per heavy atom. The van der Waals surface area contributed by atoms with Gasteiger partial charge < -0.3 is 14.2 Å². The van der Waals surface area contributed by atoms with E-state index in [1.165, 1.54) is 25.3 Å². The van der Waals surface area contributed by atoms with Gasteiger partial charge >= 0.3 is 12.6 Å². The molecule has 0 fully saturated rings. The first-order chi connectivity index (χ1) is 11.5. The molecule has 0 spiro atoms. The highest BCUT2D eigenvalue weighted by Gasteiger charge is 2.15. The Labute approximate surface area is 137 Å². The molecule has 0 unspecified atom stereocenters. The van der Waals surface area contributed by atoms with Gasteiger partial charge in [0.1, 0.15) is 6.61 Å². The quantitative estimate of drug-likeness (QED) is 0.757. The average Bonchev–Trinajstić information content (AvgIpc) is 2.60. The van der Waals surface area contributed by atoms with E-state index >= 15 is 0 Å². The summed E-state index contributed by atoms with van der Waals surface area (Å²) in [6, 6.07) is 12.3. The number of methoxy groups -OCH3 is 1. The molecule has 124 valence electrons. The molecule has 7 heteroatoms. The topological polar surface area (TPSA) is 68.5 Å². The molecule has 0 atom stereocenters. The predicted molar refractivity (Wildman–Crippen MR) is 79.9 cm³/mol. The van der Waals surface area contributed by atoms with Crippen LogP contribution in [0, 0.1) is 11.3 Å². The van der Waals surface area contributed by atoms with Crippen molar-refractivity contribution in [3.8, 4) is 17.6 Å². The fourth-order valence-electron chi connectivity index (χ4n) is 1.90. The van der Waals surface area contributed by atoms with E-state index in [1.807, 2.05) is 6.07 Å². The number of ether oxygens (including phenoxy) is 3. The lowest BCUT2D eigenvalue weighted by Gasteiger charge is -2.11. The van der Waals surface area contributed by atoms with Gasteiger partial charge in [-0.3, -0.25) is 0 Å². The number of nitriles is 1. The first-order valence-corrected chi connectivity index (χ1v) is 6.82. The maximum Gasteiger partial charge on any atom is 0.387 e. The second kappa shape index (κ2) is 7.92. The number of alkyl halides is 2. The largest absolute Gasteiger partial charge is 0.493 e. The van der Waals surface area contributed by atoms with Crippen LogP contribution in [0.3, 0.4) is 0 Å². The summed E-state index contributed by atoms with van der Waals surface area (Å²) in [5.74, 6) is -0.805. The van der Waals surface area contributed by atoms with Crippen LogP contribution in [0.2, 0.25) is 0 Å². The van der Waals surface area contributed by atoms with Crippen molar-refractivity contribution in [3.05, 3.63) is 59.2 Å². The van der Waals surface area contributed by atoms with Crippen LogP contribution in [-0.4, -0.2) is 19.7 Å². The van der Waals surface area contributed by atoms with Gasteiger partial charge in [-0.15, -0.1) is 0 Å². The van der Waals surface area contributed by atoms with E-state index in [0.717, 1.165) is 0 Å². The minimum absolute atomic E-state index is 0.00289. The van der Waals surface area contributed by atoms with Crippen LogP contribution in [0.1, 0.15) is 21.5 Å². The third-order valence-corrected chi connectivity index (χ3v) is 3.07. The van der Waals surface area contributed by atoms with Gasteiger partial charge in [0.2, 0.25) is 0 Å². The van der Waals surface area contributed by atoms with Crippen molar-refractivity contribution in [2.45, 2.75) is 13.2 Å². The number of esters is 1. The van der Waals surface area contributed by atoms with Gasteiger partial charge in [0.15, 0.2) is 11.5 Å². The highest BCUT2D eigenvalue weighted by Crippen LogP contribution is 2.29. The Balaban J connectivity index is 2.04. The molecule has 2 aromatic carbocycles. The highest BCUT2D eigenvalue weighted by molar-refractivity contribution is 5.90. The van der Waals surface area contributed by atoms with Gasteiger partial charge in [-0.25, -0.2) is 4.79 Å². The first kappa shape index (κ1) is 17.2. The van der Waals surface area contributed by atoms with Crippen molar-refractivity contribution in [1.82, 2.24) is 0 Å². The lowest BCUT2D eigenvalue weighted by Crippen LogP contribution is -2.07. The Morgan fingerprint density at radius 3 is 2.46 bits per heavy atom. The van der Waals surface area contributed by atoms with Crippen LogP contribution in [-0.2, 0) is 11.3 Å². The van der Waals surface area contributed by atoms with Gasteiger partial charge in [-0.1, -0.05) is 12.1 Å². The number of rotatable bonds is 6. The first-order valence-electron chi connectivity index (χ1n) is 6.82. The molecule has 0 radical (unpaired) electrons. The maximum atomic E-state index is 12.3. The Kier molecular flexibility index (Phi) is 5.68. The zero-order valence-electron chi connectivity index (χ0n) is 12.7. The van der Waals surface area contributed by atoms with Crippen molar-refractivity contribution in [3.63, 3.8) is 0 Å². The number of carbonyl (C=O) groups excluding carboxylic acids is 1. The second-order valence-corrected chi connectivity index (χ2v) is 4.63. The summed E-state index contributed by atoms with van der Waals surface area (Å²) < 4.78 is 38.9. The normalized spacial score (nSPS) is 10.1. The summed E-state index contributed by atoms with van der Waals surface area (Å²) in [6.45, 7) is -2.98. The number of nitrogens with zero attached hydrogens (tertiary/aromatic N) is 1. The molecular formula is C17H13F2NO4. The van der Waals surface area contributed by atoms with Crippen LogP contribution in [0.25, 0.3) is 0 Å². The van der Waals surface area contributed by atoms with E-state index < -0.39 is 12.6 Å². The van der Waals surface area contributed by atoms with Crippen molar-refractivity contribution in [1.29, 1.82) is 5.26 Å². The molecule has 0 saturated heterocycles. The third-order valence-electron chi connectivity index (χ3n) is 3.07. The molecule has 2 rings (SSSR count). The number of carbonyl (C=O) groups is 1. The number of benzene rings is 2. The Hall–Kier alpha value is -3.14. The lowest BCUT2D eigenvalue weighted by atomic mass is 10.1. The van der Waals surface area contributed by atoms with Crippen LogP contribution in [0.15, 0.2) is 42.5 Å². The Bertz CT molecular complexity index is 754. The summed E-state index contributed by atoms with van der Waals surface area (Å²) >= 11 is 0. The fraction of sp³-hybridized carbons (Fsp3) is 0.176. The molecule has 0 bridgehead atoms. The molecule has 0 saturated carbocycles. The average molecular weight is 333 g/mol. The van der Waals surface area contributed by atoms with Crippen molar-refractivity contribution in [2.75, 3.05) is 7.11 Å². The highest BCUT2D eigenvalue weighted by atomic mass is 19.3. The molecule has 0 heterocycles. The zero-order valence-corrected chi connectivity index (χ0v) is 12.7. The standard InChI is InChI=1S/C17H13F2NO4/c1-22-15-8-13(6-7-14(15)24-17(18)19)16(21)23-10-12-4-2-11(9-20)3-5-12/h2-8,17H,10H2,1H3. The van der Waals surface area contributed by atoms with Gasteiger partial charge in [0, 0.05) is 0 Å². The molecule has 0 amide bonds. The van der Waals surface area contributed by atoms with Crippen LogP contribution >= 0.6 is 0 Å². The molecule has 2 aromatic rings. The SMILES string of the molecule is COc1cc(C(=O)OCc2ccc(C#N)cc2)ccc1OC(F)F. The summed E-state index contributed by atoms with van der Waals surface area (Å²) in [7, 11) is 1.28. The molecule has 0 N–H and O–H groups in total. The van der Waals surface area contributed by atoms with Gasteiger partial charge in [-0.2, -0.15) is 14.0 Å². The second-order valence-electron chi connectivity index (χ2n) is 4.63. The van der Waals surface area contributed by atoms with Crippen molar-refractivity contribution >= 4 is 5.97 Å². The molecule has 0 aromatic heterocycles. The van der Waals surface area contributed by atoms with Crippen molar-refractivity contribution < 1.29 is 27.8 Å². The summed E-state index contributed by atoms with van der Waals surface area (Å²) in [5.41, 5.74) is 1.36. The monoisotopic (exact) mass is 333 g/mol. The molecular weight excluding hydrogens is 320 g/mol. The summed E-state index contributed by atoms with van der Waals surface area (Å²) in [4.78, 5) is 12.0. The van der Waals surface area contributed by atoms with Gasteiger partial charge in [0.05, 0.1) is 24.3 Å². The van der Waals surface area contributed by atoms with Gasteiger partial charge in [0.25, 0.3) is 0 Å².